The lowest BCUT2D eigenvalue weighted by Gasteiger charge is -2.13. The number of nitrogens with two attached hydrogens (primary N) is 1. The zero-order valence-corrected chi connectivity index (χ0v) is 11.9. The second-order valence-electron chi connectivity index (χ2n) is 4.88. The number of rotatable bonds is 3. The van der Waals surface area contributed by atoms with E-state index in [2.05, 4.69) is 4.98 Å². The molecule has 0 fully saturated rings. The Morgan fingerprint density at radius 2 is 1.90 bits per heavy atom. The Morgan fingerprint density at radius 3 is 2.52 bits per heavy atom. The van der Waals surface area contributed by atoms with E-state index >= 15 is 0 Å². The molecule has 4 nitrogen and oxygen atoms in total. The molecule has 2 N–H and O–H groups in total. The highest BCUT2D eigenvalue weighted by Gasteiger charge is 2.20. The van der Waals surface area contributed by atoms with Crippen LogP contribution in [0.25, 0.3) is 16.7 Å². The standard InChI is InChI=1S/C16H16FN3O/c1-10(18)16-19-13-9-8-12(17)15(21-2)14(13)20(16)11-6-4-3-5-7-11/h3-10H,18H2,1-2H3/t10-/m0/s1. The number of nitrogens with zero attached hydrogens (tertiary/aromatic N) is 2. The second-order valence-corrected chi connectivity index (χ2v) is 4.88. The molecule has 3 rings (SSSR count). The molecule has 108 valence electrons. The summed E-state index contributed by atoms with van der Waals surface area (Å²) in [5, 5.41) is 0. The van der Waals surface area contributed by atoms with Crippen molar-refractivity contribution >= 4 is 11.0 Å². The Labute approximate surface area is 122 Å². The number of halogens is 1. The molecule has 0 aliphatic rings. The minimum atomic E-state index is -0.418. The Balaban J connectivity index is 2.44. The highest BCUT2D eigenvalue weighted by molar-refractivity contribution is 5.85. The molecular weight excluding hydrogens is 269 g/mol. The van der Waals surface area contributed by atoms with Crippen LogP contribution in [0.4, 0.5) is 4.39 Å². The summed E-state index contributed by atoms with van der Waals surface area (Å²) >= 11 is 0. The average molecular weight is 285 g/mol. The summed E-state index contributed by atoms with van der Waals surface area (Å²) in [6.45, 7) is 1.85. The van der Waals surface area contributed by atoms with Crippen molar-refractivity contribution in [2.24, 2.45) is 5.73 Å². The first-order valence-electron chi connectivity index (χ1n) is 6.69. The summed E-state index contributed by atoms with van der Waals surface area (Å²) in [5.74, 6) is 0.425. The molecule has 2 aromatic carbocycles. The van der Waals surface area contributed by atoms with Gasteiger partial charge in [0.05, 0.1) is 18.7 Å². The average Bonchev–Trinajstić information content (AvgIpc) is 2.88. The van der Waals surface area contributed by atoms with Crippen LogP contribution in [0.15, 0.2) is 42.5 Å². The van der Waals surface area contributed by atoms with Crippen molar-refractivity contribution < 1.29 is 9.13 Å². The number of ether oxygens (including phenoxy) is 1. The van der Waals surface area contributed by atoms with Gasteiger partial charge in [-0.05, 0) is 31.2 Å². The van der Waals surface area contributed by atoms with Crippen LogP contribution < -0.4 is 10.5 Å². The van der Waals surface area contributed by atoms with Crippen molar-refractivity contribution in [1.29, 1.82) is 0 Å². The molecule has 0 saturated carbocycles. The number of hydrogen-bond donors (Lipinski definition) is 1. The third kappa shape index (κ3) is 2.15. The lowest BCUT2D eigenvalue weighted by Crippen LogP contribution is -2.12. The van der Waals surface area contributed by atoms with E-state index in [1.54, 1.807) is 6.07 Å². The molecule has 0 unspecified atom stereocenters. The summed E-state index contributed by atoms with van der Waals surface area (Å²) < 4.78 is 21.1. The van der Waals surface area contributed by atoms with Crippen LogP contribution in [-0.2, 0) is 0 Å². The molecule has 0 aliphatic heterocycles. The number of hydrogen-bond acceptors (Lipinski definition) is 3. The van der Waals surface area contributed by atoms with E-state index in [-0.39, 0.29) is 11.8 Å². The van der Waals surface area contributed by atoms with Crippen molar-refractivity contribution in [3.8, 4) is 11.4 Å². The molecule has 0 bridgehead atoms. The van der Waals surface area contributed by atoms with Gasteiger partial charge in [0, 0.05) is 5.69 Å². The first-order valence-corrected chi connectivity index (χ1v) is 6.69. The largest absolute Gasteiger partial charge is 0.491 e. The number of imidazole rings is 1. The van der Waals surface area contributed by atoms with Gasteiger partial charge in [0.1, 0.15) is 11.3 Å². The fraction of sp³-hybridized carbons (Fsp3) is 0.188. The second kappa shape index (κ2) is 5.18. The molecule has 0 amide bonds. The number of fused-ring (bicyclic) bond motifs is 1. The maximum absolute atomic E-state index is 14.0. The first kappa shape index (κ1) is 13.6. The maximum Gasteiger partial charge on any atom is 0.180 e. The first-order chi connectivity index (χ1) is 10.1. The highest BCUT2D eigenvalue weighted by atomic mass is 19.1. The van der Waals surface area contributed by atoms with Gasteiger partial charge in [-0.15, -0.1) is 0 Å². The minimum absolute atomic E-state index is 0.177. The Bertz CT molecular complexity index is 781. The monoisotopic (exact) mass is 285 g/mol. The summed E-state index contributed by atoms with van der Waals surface area (Å²) in [5.41, 5.74) is 8.15. The molecular formula is C16H16FN3O. The molecule has 3 aromatic rings. The van der Waals surface area contributed by atoms with Crippen LogP contribution in [0.2, 0.25) is 0 Å². The van der Waals surface area contributed by atoms with Gasteiger partial charge in [0.15, 0.2) is 11.6 Å². The van der Waals surface area contributed by atoms with Gasteiger partial charge in [-0.25, -0.2) is 9.37 Å². The molecule has 0 aliphatic carbocycles. The SMILES string of the molecule is COc1c(F)ccc2nc([C@H](C)N)n(-c3ccccc3)c12. The van der Waals surface area contributed by atoms with Gasteiger partial charge >= 0.3 is 0 Å². The van der Waals surface area contributed by atoms with E-state index in [0.29, 0.717) is 16.9 Å². The molecule has 21 heavy (non-hydrogen) atoms. The van der Waals surface area contributed by atoms with Crippen LogP contribution in [0.5, 0.6) is 5.75 Å². The molecule has 1 aromatic heterocycles. The van der Waals surface area contributed by atoms with Gasteiger partial charge < -0.3 is 10.5 Å². The molecule has 1 atom stereocenters. The molecule has 0 spiro atoms. The zero-order valence-electron chi connectivity index (χ0n) is 11.9. The van der Waals surface area contributed by atoms with E-state index in [4.69, 9.17) is 10.5 Å². The summed E-state index contributed by atoms with van der Waals surface area (Å²) in [7, 11) is 1.45. The summed E-state index contributed by atoms with van der Waals surface area (Å²) in [6, 6.07) is 12.3. The molecule has 5 heteroatoms. The van der Waals surface area contributed by atoms with E-state index in [1.165, 1.54) is 13.2 Å². The Kier molecular flexibility index (Phi) is 3.35. The van der Waals surface area contributed by atoms with E-state index < -0.39 is 5.82 Å². The van der Waals surface area contributed by atoms with Crippen molar-refractivity contribution in [1.82, 2.24) is 9.55 Å². The smallest absolute Gasteiger partial charge is 0.180 e. The van der Waals surface area contributed by atoms with Crippen LogP contribution in [0.1, 0.15) is 18.8 Å². The van der Waals surface area contributed by atoms with E-state index in [1.807, 2.05) is 41.8 Å². The fourth-order valence-corrected chi connectivity index (χ4v) is 2.47. The van der Waals surface area contributed by atoms with Crippen LogP contribution in [0, 0.1) is 5.82 Å². The maximum atomic E-state index is 14.0. The van der Waals surface area contributed by atoms with Crippen LogP contribution in [0.3, 0.4) is 0 Å². The normalized spacial score (nSPS) is 12.6. The number of benzene rings is 2. The molecule has 0 saturated heterocycles. The summed E-state index contributed by atoms with van der Waals surface area (Å²) in [6.07, 6.45) is 0. The zero-order chi connectivity index (χ0) is 15.0. The van der Waals surface area contributed by atoms with Gasteiger partial charge in [0.25, 0.3) is 0 Å². The van der Waals surface area contributed by atoms with Crippen molar-refractivity contribution in [2.45, 2.75) is 13.0 Å². The van der Waals surface area contributed by atoms with Gasteiger partial charge in [0.2, 0.25) is 0 Å². The topological polar surface area (TPSA) is 53.1 Å². The molecule has 1 heterocycles. The Hall–Kier alpha value is -2.40. The quantitative estimate of drug-likeness (QED) is 0.804. The van der Waals surface area contributed by atoms with Gasteiger partial charge in [-0.1, -0.05) is 18.2 Å². The third-order valence-electron chi connectivity index (χ3n) is 3.38. The number of para-hydroxylation sites is 1. The van der Waals surface area contributed by atoms with Crippen molar-refractivity contribution in [2.75, 3.05) is 7.11 Å². The van der Waals surface area contributed by atoms with E-state index in [9.17, 15) is 4.39 Å². The van der Waals surface area contributed by atoms with Crippen LogP contribution >= 0.6 is 0 Å². The number of aromatic nitrogens is 2. The minimum Gasteiger partial charge on any atom is -0.491 e. The van der Waals surface area contributed by atoms with Crippen molar-refractivity contribution in [3.05, 3.63) is 54.1 Å². The number of methoxy groups -OCH3 is 1. The Morgan fingerprint density at radius 1 is 1.19 bits per heavy atom. The lowest BCUT2D eigenvalue weighted by atomic mass is 10.2. The van der Waals surface area contributed by atoms with E-state index in [0.717, 1.165) is 5.69 Å². The van der Waals surface area contributed by atoms with Crippen LogP contribution in [-0.4, -0.2) is 16.7 Å². The van der Waals surface area contributed by atoms with Gasteiger partial charge in [-0.2, -0.15) is 0 Å². The highest BCUT2D eigenvalue weighted by Crippen LogP contribution is 2.33. The molecule has 0 radical (unpaired) electrons. The fourth-order valence-electron chi connectivity index (χ4n) is 2.47. The van der Waals surface area contributed by atoms with Gasteiger partial charge in [-0.3, -0.25) is 4.57 Å². The summed E-state index contributed by atoms with van der Waals surface area (Å²) in [4.78, 5) is 4.53. The lowest BCUT2D eigenvalue weighted by molar-refractivity contribution is 0.390. The van der Waals surface area contributed by atoms with Crippen molar-refractivity contribution in [3.63, 3.8) is 0 Å². The third-order valence-corrected chi connectivity index (χ3v) is 3.38. The predicted molar refractivity (Wildman–Crippen MR) is 80.2 cm³/mol. The predicted octanol–water partition coefficient (Wildman–Crippen LogP) is 3.19.